The van der Waals surface area contributed by atoms with Crippen LogP contribution in [0.15, 0.2) is 48.9 Å². The van der Waals surface area contributed by atoms with E-state index in [0.29, 0.717) is 22.2 Å². The summed E-state index contributed by atoms with van der Waals surface area (Å²) in [6.07, 6.45) is 3.33. The quantitative estimate of drug-likeness (QED) is 0.240. The molecule has 2 aliphatic rings. The number of hydrogen-bond donors (Lipinski definition) is 0. The van der Waals surface area contributed by atoms with Crippen molar-refractivity contribution in [2.75, 3.05) is 44.7 Å². The molecule has 2 fully saturated rings. The van der Waals surface area contributed by atoms with Crippen LogP contribution in [-0.2, 0) is 4.79 Å². The SMILES string of the molecule is C=C(F)C(=O)N1CCN(c2nc(OC[C@@H]3CCCN3C)nc3c(F)c(-c4cccc5ccc(F)c(Cl)c45)ncc23)C[C@@H]1CC#N. The number of aromatic nitrogens is 3. The van der Waals surface area contributed by atoms with Crippen molar-refractivity contribution in [2.24, 2.45) is 0 Å². The standard InChI is InChI=1S/C32H29ClF3N7O2/c1-18(34)31(44)43-14-13-42(16-20(43)10-11-37)30-23-15-38-28(22-7-3-5-19-8-9-24(35)26(33)25(19)22)27(36)29(23)39-32(40-30)45-17-21-6-4-12-41(21)2/h3,5,7-9,15,20-21H,1,4,6,10,12-14,16-17H2,2H3/t20-,21-/m0/s1. The van der Waals surface area contributed by atoms with Crippen molar-refractivity contribution in [3.05, 3.63) is 65.6 Å². The molecule has 2 aliphatic heterocycles. The van der Waals surface area contributed by atoms with Gasteiger partial charge in [-0.05, 0) is 37.9 Å². The summed E-state index contributed by atoms with van der Waals surface area (Å²) >= 11 is 6.35. The van der Waals surface area contributed by atoms with Crippen molar-refractivity contribution in [3.63, 3.8) is 0 Å². The molecule has 0 radical (unpaired) electrons. The van der Waals surface area contributed by atoms with Gasteiger partial charge in [0.1, 0.15) is 29.5 Å². The summed E-state index contributed by atoms with van der Waals surface area (Å²) in [5, 5.41) is 10.5. The van der Waals surface area contributed by atoms with E-state index in [-0.39, 0.29) is 66.3 Å². The van der Waals surface area contributed by atoms with Crippen LogP contribution in [0.5, 0.6) is 6.01 Å². The lowest BCUT2D eigenvalue weighted by atomic mass is 10.0. The van der Waals surface area contributed by atoms with Crippen molar-refractivity contribution >= 4 is 45.0 Å². The molecule has 0 bridgehead atoms. The minimum absolute atomic E-state index is 0.0525. The summed E-state index contributed by atoms with van der Waals surface area (Å²) in [6.45, 7) is 4.74. The number of pyridine rings is 1. The molecule has 9 nitrogen and oxygen atoms in total. The van der Waals surface area contributed by atoms with Gasteiger partial charge >= 0.3 is 6.01 Å². The highest BCUT2D eigenvalue weighted by Gasteiger charge is 2.34. The van der Waals surface area contributed by atoms with Crippen molar-refractivity contribution in [1.82, 2.24) is 24.8 Å². The van der Waals surface area contributed by atoms with E-state index < -0.39 is 29.4 Å². The fraction of sp³-hybridized carbons (Fsp3) is 0.344. The number of nitrogens with zero attached hydrogens (tertiary/aromatic N) is 7. The van der Waals surface area contributed by atoms with Gasteiger partial charge < -0.3 is 19.4 Å². The fourth-order valence-electron chi connectivity index (χ4n) is 6.13. The summed E-state index contributed by atoms with van der Waals surface area (Å²) in [6, 6.07) is 9.34. The van der Waals surface area contributed by atoms with Crippen LogP contribution >= 0.6 is 11.6 Å². The average Bonchev–Trinajstić information content (AvgIpc) is 3.45. The topological polar surface area (TPSA) is 98.5 Å². The third-order valence-electron chi connectivity index (χ3n) is 8.51. The maximum atomic E-state index is 16.6. The second kappa shape index (κ2) is 12.5. The van der Waals surface area contributed by atoms with Gasteiger partial charge in [-0.3, -0.25) is 9.78 Å². The summed E-state index contributed by atoms with van der Waals surface area (Å²) in [5.41, 5.74) is 0.141. The lowest BCUT2D eigenvalue weighted by molar-refractivity contribution is -0.131. The molecule has 0 saturated carbocycles. The van der Waals surface area contributed by atoms with Gasteiger partial charge in [-0.25, -0.2) is 13.2 Å². The van der Waals surface area contributed by atoms with E-state index in [0.717, 1.165) is 19.4 Å². The van der Waals surface area contributed by atoms with Crippen molar-refractivity contribution in [2.45, 2.75) is 31.3 Å². The molecular formula is C32H29ClF3N7O2. The van der Waals surface area contributed by atoms with E-state index in [1.54, 1.807) is 29.2 Å². The summed E-state index contributed by atoms with van der Waals surface area (Å²) < 4.78 is 50.9. The van der Waals surface area contributed by atoms with Gasteiger partial charge in [-0.15, -0.1) is 0 Å². The highest BCUT2D eigenvalue weighted by molar-refractivity contribution is 6.36. The second-order valence-corrected chi connectivity index (χ2v) is 11.6. The molecule has 4 aromatic rings. The molecule has 2 aromatic carbocycles. The number of likely N-dealkylation sites (N-methyl/N-ethyl adjacent to an activating group) is 1. The molecule has 4 heterocycles. The molecule has 0 N–H and O–H groups in total. The van der Waals surface area contributed by atoms with Crippen LogP contribution in [0.3, 0.4) is 0 Å². The van der Waals surface area contributed by atoms with Gasteiger partial charge in [-0.1, -0.05) is 42.4 Å². The zero-order chi connectivity index (χ0) is 31.8. The Labute approximate surface area is 262 Å². The number of halogens is 4. The Kier molecular flexibility index (Phi) is 8.48. The number of hydrogen-bond acceptors (Lipinski definition) is 8. The molecule has 6 rings (SSSR count). The third kappa shape index (κ3) is 5.74. The Morgan fingerprint density at radius 3 is 2.73 bits per heavy atom. The van der Waals surface area contributed by atoms with Gasteiger partial charge in [0.2, 0.25) is 0 Å². The smallest absolute Gasteiger partial charge is 0.319 e. The number of anilines is 1. The van der Waals surface area contributed by atoms with Crippen molar-refractivity contribution < 1.29 is 22.7 Å². The van der Waals surface area contributed by atoms with Crippen LogP contribution in [0.2, 0.25) is 5.02 Å². The Balaban J connectivity index is 1.46. The van der Waals surface area contributed by atoms with Crippen LogP contribution in [0.25, 0.3) is 32.9 Å². The van der Waals surface area contributed by atoms with E-state index in [1.165, 1.54) is 17.2 Å². The number of likely N-dealkylation sites (tertiary alicyclic amines) is 1. The number of piperazine rings is 1. The molecule has 1 amide bonds. The number of nitriles is 1. The number of ether oxygens (including phenoxy) is 1. The summed E-state index contributed by atoms with van der Waals surface area (Å²) in [4.78, 5) is 31.3. The minimum Gasteiger partial charge on any atom is -0.462 e. The zero-order valence-corrected chi connectivity index (χ0v) is 25.2. The molecule has 0 spiro atoms. The molecule has 2 aromatic heterocycles. The Hall–Kier alpha value is -4.47. The first kappa shape index (κ1) is 30.6. The van der Waals surface area contributed by atoms with Crippen molar-refractivity contribution in [1.29, 1.82) is 5.26 Å². The van der Waals surface area contributed by atoms with Gasteiger partial charge in [0.05, 0.1) is 28.9 Å². The largest absolute Gasteiger partial charge is 0.462 e. The second-order valence-electron chi connectivity index (χ2n) is 11.2. The number of rotatable bonds is 7. The number of carbonyl (C=O) groups is 1. The van der Waals surface area contributed by atoms with Gasteiger partial charge in [0.15, 0.2) is 11.6 Å². The van der Waals surface area contributed by atoms with E-state index >= 15 is 4.39 Å². The average molecular weight is 636 g/mol. The van der Waals surface area contributed by atoms with Crippen LogP contribution < -0.4 is 9.64 Å². The molecule has 232 valence electrons. The summed E-state index contributed by atoms with van der Waals surface area (Å²) in [5.74, 6) is -3.11. The van der Waals surface area contributed by atoms with E-state index in [2.05, 4.69) is 32.5 Å². The molecule has 13 heteroatoms. The maximum absolute atomic E-state index is 16.6. The lowest BCUT2D eigenvalue weighted by Crippen LogP contribution is -2.55. The fourth-order valence-corrected chi connectivity index (χ4v) is 6.41. The highest BCUT2D eigenvalue weighted by atomic mass is 35.5. The van der Waals surface area contributed by atoms with Crippen LogP contribution in [-0.4, -0.2) is 82.6 Å². The predicted molar refractivity (Wildman–Crippen MR) is 165 cm³/mol. The molecule has 2 saturated heterocycles. The van der Waals surface area contributed by atoms with Crippen LogP contribution in [0.4, 0.5) is 19.0 Å². The zero-order valence-electron chi connectivity index (χ0n) is 24.4. The lowest BCUT2D eigenvalue weighted by Gasteiger charge is -2.41. The van der Waals surface area contributed by atoms with E-state index in [9.17, 15) is 18.8 Å². The first-order chi connectivity index (χ1) is 21.7. The molecular weight excluding hydrogens is 607 g/mol. The monoisotopic (exact) mass is 635 g/mol. The van der Waals surface area contributed by atoms with Gasteiger partial charge in [0.25, 0.3) is 5.91 Å². The number of benzene rings is 2. The Bertz CT molecular complexity index is 1870. The molecule has 0 unspecified atom stereocenters. The van der Waals surface area contributed by atoms with Crippen molar-refractivity contribution in [3.8, 4) is 23.3 Å². The normalized spacial score (nSPS) is 18.8. The summed E-state index contributed by atoms with van der Waals surface area (Å²) in [7, 11) is 2.01. The molecule has 0 aliphatic carbocycles. The first-order valence-corrected chi connectivity index (χ1v) is 14.9. The van der Waals surface area contributed by atoms with Gasteiger partial charge in [-0.2, -0.15) is 15.2 Å². The van der Waals surface area contributed by atoms with Crippen LogP contribution in [0.1, 0.15) is 19.3 Å². The van der Waals surface area contributed by atoms with Crippen LogP contribution in [0, 0.1) is 23.0 Å². The number of amides is 1. The third-order valence-corrected chi connectivity index (χ3v) is 8.88. The molecule has 2 atom stereocenters. The number of carbonyl (C=O) groups excluding carboxylic acids is 1. The van der Waals surface area contributed by atoms with E-state index in [1.807, 2.05) is 7.05 Å². The van der Waals surface area contributed by atoms with Gasteiger partial charge in [0, 0.05) is 42.8 Å². The van der Waals surface area contributed by atoms with E-state index in [4.69, 9.17) is 16.3 Å². The Morgan fingerprint density at radius 1 is 1.18 bits per heavy atom. The minimum atomic E-state index is -1.11. The highest BCUT2D eigenvalue weighted by Crippen LogP contribution is 2.38. The maximum Gasteiger partial charge on any atom is 0.319 e. The predicted octanol–water partition coefficient (Wildman–Crippen LogP) is 5.66. The Morgan fingerprint density at radius 2 is 2.00 bits per heavy atom. The number of fused-ring (bicyclic) bond motifs is 2. The molecule has 45 heavy (non-hydrogen) atoms. The first-order valence-electron chi connectivity index (χ1n) is 14.5.